The lowest BCUT2D eigenvalue weighted by molar-refractivity contribution is -0.127. The van der Waals surface area contributed by atoms with Gasteiger partial charge in [0.05, 0.1) is 10.2 Å². The molecule has 0 atom stereocenters. The Morgan fingerprint density at radius 3 is 2.50 bits per heavy atom. The van der Waals surface area contributed by atoms with Crippen LogP contribution in [-0.4, -0.2) is 35.9 Å². The first-order valence-corrected chi connectivity index (χ1v) is 14.7. The van der Waals surface area contributed by atoms with Crippen molar-refractivity contribution in [2.45, 2.75) is 26.9 Å². The molecule has 0 aliphatic carbocycles. The van der Waals surface area contributed by atoms with E-state index in [-0.39, 0.29) is 5.70 Å². The number of anilines is 1. The molecule has 0 saturated carbocycles. The molecule has 1 fully saturated rings. The summed E-state index contributed by atoms with van der Waals surface area (Å²) in [6.07, 6.45) is 2.31. The van der Waals surface area contributed by atoms with E-state index >= 15 is 0 Å². The predicted molar refractivity (Wildman–Crippen MR) is 171 cm³/mol. The van der Waals surface area contributed by atoms with Crippen LogP contribution >= 0.6 is 22.6 Å². The number of halogens is 1. The number of nitrogens with zero attached hydrogens (tertiary/aromatic N) is 1. The van der Waals surface area contributed by atoms with Crippen LogP contribution in [0.25, 0.3) is 16.8 Å². The van der Waals surface area contributed by atoms with Crippen LogP contribution in [0, 0.1) is 3.57 Å². The Labute approximate surface area is 257 Å². The molecular weight excluding hydrogens is 645 g/mol. The van der Waals surface area contributed by atoms with Gasteiger partial charge in [-0.25, -0.2) is 9.69 Å². The average molecular weight is 676 g/mol. The number of hydrogen-bond acceptors (Lipinski definition) is 5. The Kier molecular flexibility index (Phi) is 9.06. The van der Waals surface area contributed by atoms with Crippen molar-refractivity contribution in [2.24, 2.45) is 0 Å². The van der Waals surface area contributed by atoms with Crippen molar-refractivity contribution < 1.29 is 23.9 Å². The quantitative estimate of drug-likeness (QED) is 0.114. The molecule has 4 aromatic carbocycles. The summed E-state index contributed by atoms with van der Waals surface area (Å²) in [5.41, 5.74) is 3.40. The number of nitrogens with one attached hydrogen (secondary N) is 2. The topological polar surface area (TPSA) is 97.0 Å². The molecule has 0 bridgehead atoms. The van der Waals surface area contributed by atoms with E-state index < -0.39 is 24.4 Å². The molecule has 4 amide bonds. The van der Waals surface area contributed by atoms with Gasteiger partial charge >= 0.3 is 6.03 Å². The molecular formula is C33H30IN3O5. The van der Waals surface area contributed by atoms with Crippen LogP contribution in [0.1, 0.15) is 30.5 Å². The standard InChI is InChI=1S/C33H30IN3O5/c1-3-22-10-6-8-15-27(22)35-30(38)19-37-32(39)28(36-33(37)40)17-21-16-26(34)31(29(18-21)41-4-2)42-20-24-13-9-12-23-11-5-7-14-25(23)24/h5-18H,3-4,19-20H2,1-2H3,(H,35,38)(H,36,40)/b28-17+. The number of fused-ring (bicyclic) bond motifs is 1. The summed E-state index contributed by atoms with van der Waals surface area (Å²) in [5, 5.41) is 7.65. The molecule has 1 aliphatic heterocycles. The fraction of sp³-hybridized carbons (Fsp3) is 0.182. The van der Waals surface area contributed by atoms with E-state index in [0.29, 0.717) is 36.0 Å². The molecule has 0 aromatic heterocycles. The molecule has 4 aromatic rings. The second-order valence-electron chi connectivity index (χ2n) is 9.63. The maximum atomic E-state index is 13.1. The maximum Gasteiger partial charge on any atom is 0.329 e. The molecule has 0 unspecified atom stereocenters. The van der Waals surface area contributed by atoms with E-state index in [1.165, 1.54) is 0 Å². The smallest absolute Gasteiger partial charge is 0.329 e. The van der Waals surface area contributed by atoms with Crippen molar-refractivity contribution in [3.63, 3.8) is 0 Å². The average Bonchev–Trinajstić information content (AvgIpc) is 3.24. The minimum absolute atomic E-state index is 0.0735. The van der Waals surface area contributed by atoms with Crippen molar-refractivity contribution in [3.05, 3.63) is 105 Å². The first-order valence-electron chi connectivity index (χ1n) is 13.7. The van der Waals surface area contributed by atoms with Crippen LogP contribution in [0.2, 0.25) is 0 Å². The molecule has 9 heteroatoms. The van der Waals surface area contributed by atoms with Crippen LogP contribution in [0.4, 0.5) is 10.5 Å². The number of carbonyl (C=O) groups excluding carboxylic acids is 3. The summed E-state index contributed by atoms with van der Waals surface area (Å²) < 4.78 is 12.9. The first-order chi connectivity index (χ1) is 20.4. The highest BCUT2D eigenvalue weighted by atomic mass is 127. The van der Waals surface area contributed by atoms with Gasteiger partial charge in [0.15, 0.2) is 11.5 Å². The van der Waals surface area contributed by atoms with E-state index in [2.05, 4.69) is 51.4 Å². The Balaban J connectivity index is 1.32. The Hall–Kier alpha value is -4.38. The number of carbonyl (C=O) groups is 3. The third-order valence-corrected chi connectivity index (χ3v) is 7.63. The van der Waals surface area contributed by atoms with Gasteiger partial charge in [-0.3, -0.25) is 9.59 Å². The van der Waals surface area contributed by atoms with E-state index in [9.17, 15) is 14.4 Å². The van der Waals surface area contributed by atoms with Crippen LogP contribution in [0.5, 0.6) is 11.5 Å². The number of ether oxygens (including phenoxy) is 2. The van der Waals surface area contributed by atoms with Gasteiger partial charge in [-0.2, -0.15) is 0 Å². The summed E-state index contributed by atoms with van der Waals surface area (Å²) in [5.74, 6) is 0.0868. The number of para-hydroxylation sites is 1. The molecule has 0 spiro atoms. The number of hydrogen-bond donors (Lipinski definition) is 2. The molecule has 1 aliphatic rings. The zero-order valence-corrected chi connectivity index (χ0v) is 25.4. The van der Waals surface area contributed by atoms with Gasteiger partial charge in [-0.15, -0.1) is 0 Å². The normalized spacial score (nSPS) is 13.9. The van der Waals surface area contributed by atoms with E-state index in [1.54, 1.807) is 18.2 Å². The third kappa shape index (κ3) is 6.41. The molecule has 8 nitrogen and oxygen atoms in total. The molecule has 1 heterocycles. The number of aryl methyl sites for hydroxylation is 1. The first kappa shape index (κ1) is 29.1. The number of benzene rings is 4. The maximum absolute atomic E-state index is 13.1. The molecule has 214 valence electrons. The molecule has 42 heavy (non-hydrogen) atoms. The molecule has 1 saturated heterocycles. The van der Waals surface area contributed by atoms with Gasteiger partial charge in [0, 0.05) is 5.69 Å². The van der Waals surface area contributed by atoms with Crippen LogP contribution in [-0.2, 0) is 22.6 Å². The molecule has 5 rings (SSSR count). The SMILES string of the molecule is CCOc1cc(/C=C2/NC(=O)N(CC(=O)Nc3ccccc3CC)C2=O)cc(I)c1OCc1cccc2ccccc12. The minimum Gasteiger partial charge on any atom is -0.490 e. The Morgan fingerprint density at radius 2 is 1.69 bits per heavy atom. The van der Waals surface area contributed by atoms with Gasteiger partial charge < -0.3 is 20.1 Å². The van der Waals surface area contributed by atoms with Gasteiger partial charge in [0.2, 0.25) is 5.91 Å². The highest BCUT2D eigenvalue weighted by Gasteiger charge is 2.35. The highest BCUT2D eigenvalue weighted by Crippen LogP contribution is 2.36. The molecule has 2 N–H and O–H groups in total. The van der Waals surface area contributed by atoms with Crippen LogP contribution < -0.4 is 20.1 Å². The second kappa shape index (κ2) is 13.1. The Bertz CT molecular complexity index is 1700. The monoisotopic (exact) mass is 675 g/mol. The zero-order chi connectivity index (χ0) is 29.6. The number of amides is 4. The summed E-state index contributed by atoms with van der Waals surface area (Å²) in [4.78, 5) is 39.3. The summed E-state index contributed by atoms with van der Waals surface area (Å²) in [6.45, 7) is 4.24. The second-order valence-corrected chi connectivity index (χ2v) is 10.8. The lowest BCUT2D eigenvalue weighted by Gasteiger charge is -2.16. The number of imide groups is 1. The predicted octanol–water partition coefficient (Wildman–Crippen LogP) is 6.52. The Morgan fingerprint density at radius 1 is 0.952 bits per heavy atom. The summed E-state index contributed by atoms with van der Waals surface area (Å²) >= 11 is 2.17. The van der Waals surface area contributed by atoms with E-state index in [4.69, 9.17) is 9.47 Å². The summed E-state index contributed by atoms with van der Waals surface area (Å²) in [6, 6.07) is 24.7. The van der Waals surface area contributed by atoms with Crippen molar-refractivity contribution in [3.8, 4) is 11.5 Å². The minimum atomic E-state index is -0.653. The highest BCUT2D eigenvalue weighted by molar-refractivity contribution is 14.1. The van der Waals surface area contributed by atoms with Gasteiger partial charge in [0.25, 0.3) is 5.91 Å². The lowest BCUT2D eigenvalue weighted by Crippen LogP contribution is -2.38. The number of urea groups is 1. The largest absolute Gasteiger partial charge is 0.490 e. The van der Waals surface area contributed by atoms with E-state index in [0.717, 1.165) is 36.8 Å². The number of rotatable bonds is 10. The fourth-order valence-electron chi connectivity index (χ4n) is 4.81. The fourth-order valence-corrected chi connectivity index (χ4v) is 5.59. The van der Waals surface area contributed by atoms with Crippen LogP contribution in [0.3, 0.4) is 0 Å². The van der Waals surface area contributed by atoms with Gasteiger partial charge in [-0.05, 0) is 87.7 Å². The zero-order valence-electron chi connectivity index (χ0n) is 23.3. The lowest BCUT2D eigenvalue weighted by atomic mass is 10.1. The van der Waals surface area contributed by atoms with Gasteiger partial charge in [0.1, 0.15) is 18.8 Å². The van der Waals surface area contributed by atoms with Crippen molar-refractivity contribution in [1.29, 1.82) is 0 Å². The van der Waals surface area contributed by atoms with Crippen molar-refractivity contribution in [2.75, 3.05) is 18.5 Å². The van der Waals surface area contributed by atoms with E-state index in [1.807, 2.05) is 62.4 Å². The molecule has 0 radical (unpaired) electrons. The van der Waals surface area contributed by atoms with Crippen LogP contribution in [0.15, 0.2) is 84.6 Å². The third-order valence-electron chi connectivity index (χ3n) is 6.83. The van der Waals surface area contributed by atoms with Crippen molar-refractivity contribution in [1.82, 2.24) is 10.2 Å². The summed E-state index contributed by atoms with van der Waals surface area (Å²) in [7, 11) is 0. The van der Waals surface area contributed by atoms with Crippen molar-refractivity contribution >= 4 is 63.0 Å². The van der Waals surface area contributed by atoms with Gasteiger partial charge in [-0.1, -0.05) is 67.6 Å².